The monoisotopic (exact) mass is 323 g/mol. The maximum Gasteiger partial charge on any atom is 0.407 e. The van der Waals surface area contributed by atoms with E-state index in [-0.39, 0.29) is 0 Å². The SMILES string of the molecule is C=COc1c(OC)cc(CCNC(=O)OC(C)(C)C)cc1OC. The van der Waals surface area contributed by atoms with E-state index in [0.29, 0.717) is 30.2 Å². The Morgan fingerprint density at radius 1 is 1.22 bits per heavy atom. The number of carbonyl (C=O) groups excluding carboxylic acids is 1. The normalized spacial score (nSPS) is 10.7. The first-order valence-corrected chi connectivity index (χ1v) is 7.30. The quantitative estimate of drug-likeness (QED) is 0.780. The molecule has 0 aliphatic carbocycles. The molecule has 0 aliphatic heterocycles. The van der Waals surface area contributed by atoms with Crippen molar-refractivity contribution in [1.29, 1.82) is 0 Å². The number of methoxy groups -OCH3 is 2. The zero-order valence-electron chi connectivity index (χ0n) is 14.4. The molecule has 0 aliphatic rings. The van der Waals surface area contributed by atoms with E-state index in [1.807, 2.05) is 32.9 Å². The number of alkyl carbamates (subject to hydrolysis) is 1. The molecule has 1 aromatic carbocycles. The lowest BCUT2D eigenvalue weighted by molar-refractivity contribution is 0.0528. The zero-order valence-corrected chi connectivity index (χ0v) is 14.4. The molecule has 0 fully saturated rings. The van der Waals surface area contributed by atoms with Gasteiger partial charge in [-0.15, -0.1) is 0 Å². The second-order valence-corrected chi connectivity index (χ2v) is 5.79. The van der Waals surface area contributed by atoms with Crippen molar-refractivity contribution in [3.05, 3.63) is 30.5 Å². The first-order valence-electron chi connectivity index (χ1n) is 7.30. The second kappa shape index (κ2) is 8.31. The molecule has 0 bridgehead atoms. The number of hydrogen-bond acceptors (Lipinski definition) is 5. The van der Waals surface area contributed by atoms with Crippen LogP contribution in [0.4, 0.5) is 4.79 Å². The number of benzene rings is 1. The van der Waals surface area contributed by atoms with E-state index in [1.54, 1.807) is 14.2 Å². The Morgan fingerprint density at radius 3 is 2.22 bits per heavy atom. The summed E-state index contributed by atoms with van der Waals surface area (Å²) in [5, 5.41) is 2.71. The van der Waals surface area contributed by atoms with Crippen LogP contribution in [0.1, 0.15) is 26.3 Å². The second-order valence-electron chi connectivity index (χ2n) is 5.79. The topological polar surface area (TPSA) is 66.0 Å². The van der Waals surface area contributed by atoms with Gasteiger partial charge in [-0.3, -0.25) is 0 Å². The molecule has 6 heteroatoms. The van der Waals surface area contributed by atoms with Crippen LogP contribution in [0.2, 0.25) is 0 Å². The Hall–Kier alpha value is -2.37. The third-order valence-corrected chi connectivity index (χ3v) is 2.80. The van der Waals surface area contributed by atoms with Crippen LogP contribution in [0.3, 0.4) is 0 Å². The number of ether oxygens (including phenoxy) is 4. The predicted octanol–water partition coefficient (Wildman–Crippen LogP) is 3.29. The van der Waals surface area contributed by atoms with E-state index < -0.39 is 11.7 Å². The Labute approximate surface area is 137 Å². The molecular weight excluding hydrogens is 298 g/mol. The van der Waals surface area contributed by atoms with Crippen molar-refractivity contribution in [2.45, 2.75) is 32.8 Å². The molecule has 1 rings (SSSR count). The molecule has 128 valence electrons. The van der Waals surface area contributed by atoms with Crippen molar-refractivity contribution < 1.29 is 23.7 Å². The smallest absolute Gasteiger partial charge is 0.407 e. The maximum absolute atomic E-state index is 11.6. The number of nitrogens with one attached hydrogen (secondary N) is 1. The summed E-state index contributed by atoms with van der Waals surface area (Å²) in [6.45, 7) is 9.43. The maximum atomic E-state index is 11.6. The van der Waals surface area contributed by atoms with Crippen LogP contribution in [0, 0.1) is 0 Å². The van der Waals surface area contributed by atoms with E-state index in [0.717, 1.165) is 5.56 Å². The number of amides is 1. The molecule has 0 aromatic heterocycles. The van der Waals surface area contributed by atoms with Gasteiger partial charge in [-0.2, -0.15) is 0 Å². The van der Waals surface area contributed by atoms with Gasteiger partial charge >= 0.3 is 6.09 Å². The fraction of sp³-hybridized carbons (Fsp3) is 0.471. The van der Waals surface area contributed by atoms with Crippen LogP contribution in [0.25, 0.3) is 0 Å². The first-order chi connectivity index (χ1) is 10.8. The van der Waals surface area contributed by atoms with Crippen LogP contribution in [-0.2, 0) is 11.2 Å². The summed E-state index contributed by atoms with van der Waals surface area (Å²) in [7, 11) is 3.10. The summed E-state index contributed by atoms with van der Waals surface area (Å²) in [5.41, 5.74) is 0.423. The van der Waals surface area contributed by atoms with Crippen molar-refractivity contribution in [3.8, 4) is 17.2 Å². The fourth-order valence-corrected chi connectivity index (χ4v) is 1.90. The molecule has 0 saturated carbocycles. The van der Waals surface area contributed by atoms with Gasteiger partial charge in [0.2, 0.25) is 5.75 Å². The highest BCUT2D eigenvalue weighted by atomic mass is 16.6. The summed E-state index contributed by atoms with van der Waals surface area (Å²) < 4.78 is 21.1. The summed E-state index contributed by atoms with van der Waals surface area (Å²) in [5.74, 6) is 1.54. The molecule has 0 atom stereocenters. The highest BCUT2D eigenvalue weighted by Crippen LogP contribution is 2.38. The molecular formula is C17H25NO5. The Bertz CT molecular complexity index is 523. The molecule has 0 saturated heterocycles. The lowest BCUT2D eigenvalue weighted by Gasteiger charge is -2.19. The minimum atomic E-state index is -0.514. The van der Waals surface area contributed by atoms with E-state index >= 15 is 0 Å². The average Bonchev–Trinajstić information content (AvgIpc) is 2.46. The van der Waals surface area contributed by atoms with E-state index in [1.165, 1.54) is 6.26 Å². The molecule has 23 heavy (non-hydrogen) atoms. The molecule has 0 spiro atoms. The third-order valence-electron chi connectivity index (χ3n) is 2.80. The van der Waals surface area contributed by atoms with Crippen molar-refractivity contribution in [3.63, 3.8) is 0 Å². The number of rotatable bonds is 7. The van der Waals surface area contributed by atoms with Crippen LogP contribution in [0.15, 0.2) is 25.0 Å². The van der Waals surface area contributed by atoms with E-state index in [9.17, 15) is 4.79 Å². The van der Waals surface area contributed by atoms with Gasteiger partial charge in [0.1, 0.15) is 5.60 Å². The Morgan fingerprint density at radius 2 is 1.78 bits per heavy atom. The lowest BCUT2D eigenvalue weighted by Crippen LogP contribution is -2.33. The number of hydrogen-bond donors (Lipinski definition) is 1. The zero-order chi connectivity index (χ0) is 17.5. The molecule has 1 amide bonds. The molecule has 1 N–H and O–H groups in total. The summed E-state index contributed by atoms with van der Waals surface area (Å²) in [6.07, 6.45) is 1.47. The average molecular weight is 323 g/mol. The van der Waals surface area contributed by atoms with E-state index in [4.69, 9.17) is 18.9 Å². The van der Waals surface area contributed by atoms with Gasteiger partial charge in [0.25, 0.3) is 0 Å². The van der Waals surface area contributed by atoms with Crippen molar-refractivity contribution in [2.75, 3.05) is 20.8 Å². The minimum Gasteiger partial charge on any atom is -0.493 e. The fourth-order valence-electron chi connectivity index (χ4n) is 1.90. The van der Waals surface area contributed by atoms with Crippen LogP contribution >= 0.6 is 0 Å². The summed E-state index contributed by atoms with van der Waals surface area (Å²) in [4.78, 5) is 11.6. The van der Waals surface area contributed by atoms with Gasteiger partial charge in [-0.25, -0.2) is 4.79 Å². The Balaban J connectivity index is 2.74. The minimum absolute atomic E-state index is 0.433. The predicted molar refractivity (Wildman–Crippen MR) is 88.3 cm³/mol. The van der Waals surface area contributed by atoms with Crippen LogP contribution < -0.4 is 19.5 Å². The van der Waals surface area contributed by atoms with Gasteiger partial charge < -0.3 is 24.3 Å². The summed E-state index contributed by atoms with van der Waals surface area (Å²) in [6, 6.07) is 3.66. The Kier molecular flexibility index (Phi) is 6.75. The number of carbonyl (C=O) groups is 1. The van der Waals surface area contributed by atoms with Crippen LogP contribution in [-0.4, -0.2) is 32.5 Å². The van der Waals surface area contributed by atoms with Gasteiger partial charge in [-0.05, 0) is 44.9 Å². The molecule has 0 heterocycles. The van der Waals surface area contributed by atoms with Crippen molar-refractivity contribution in [2.24, 2.45) is 0 Å². The molecule has 0 unspecified atom stereocenters. The highest BCUT2D eigenvalue weighted by Gasteiger charge is 2.16. The van der Waals surface area contributed by atoms with Crippen molar-refractivity contribution >= 4 is 6.09 Å². The first kappa shape index (κ1) is 18.7. The molecule has 0 radical (unpaired) electrons. The highest BCUT2D eigenvalue weighted by molar-refractivity contribution is 5.67. The lowest BCUT2D eigenvalue weighted by atomic mass is 10.1. The third kappa shape index (κ3) is 6.10. The molecule has 6 nitrogen and oxygen atoms in total. The standard InChI is InChI=1S/C17H25NO5/c1-7-22-15-13(20-5)10-12(11-14(15)21-6)8-9-18-16(19)23-17(2,3)4/h7,10-11H,1,8-9H2,2-6H3,(H,18,19). The van der Waals surface area contributed by atoms with E-state index in [2.05, 4.69) is 11.9 Å². The van der Waals surface area contributed by atoms with Crippen LogP contribution in [0.5, 0.6) is 17.2 Å². The van der Waals surface area contributed by atoms with Gasteiger partial charge in [-0.1, -0.05) is 6.58 Å². The van der Waals surface area contributed by atoms with Gasteiger partial charge in [0.15, 0.2) is 11.5 Å². The largest absolute Gasteiger partial charge is 0.493 e. The van der Waals surface area contributed by atoms with Gasteiger partial charge in [0.05, 0.1) is 20.5 Å². The summed E-state index contributed by atoms with van der Waals surface area (Å²) >= 11 is 0. The molecule has 1 aromatic rings. The van der Waals surface area contributed by atoms with Gasteiger partial charge in [0, 0.05) is 6.54 Å². The van der Waals surface area contributed by atoms with Crippen molar-refractivity contribution in [1.82, 2.24) is 5.32 Å².